The minimum Gasteiger partial charge on any atom is -0.428 e. The molecule has 0 saturated heterocycles. The van der Waals surface area contributed by atoms with Gasteiger partial charge in [-0.15, -0.1) is 0 Å². The number of benzene rings is 1. The Morgan fingerprint density at radius 3 is 2.13 bits per heavy atom. The van der Waals surface area contributed by atoms with Gasteiger partial charge in [0.25, 0.3) is 0 Å². The summed E-state index contributed by atoms with van der Waals surface area (Å²) in [5.74, 6) is -1.10. The first-order chi connectivity index (χ1) is 10.5. The first kappa shape index (κ1) is 19.2. The van der Waals surface area contributed by atoms with Crippen LogP contribution in [0.2, 0.25) is 0 Å². The number of phosphoric ester groups is 1. The Kier molecular flexibility index (Phi) is 6.32. The van der Waals surface area contributed by atoms with Gasteiger partial charge in [-0.2, -0.15) is 0 Å². The number of carbonyl (C=O) groups is 2. The molecule has 2 N–H and O–H groups in total. The normalized spacial score (nSPS) is 11.7. The highest BCUT2D eigenvalue weighted by molar-refractivity contribution is 7.46. The molecule has 0 radical (unpaired) electrons. The number of rotatable bonds is 6. The molecule has 0 atom stereocenters. The van der Waals surface area contributed by atoms with Crippen LogP contribution < -0.4 is 4.52 Å². The molecule has 1 aromatic rings. The third-order valence-corrected chi connectivity index (χ3v) is 2.97. The van der Waals surface area contributed by atoms with Crippen LogP contribution in [0.25, 0.3) is 0 Å². The lowest BCUT2D eigenvalue weighted by atomic mass is 9.98. The zero-order chi connectivity index (χ0) is 17.7. The SMILES string of the molecule is CC(C)(C)C(=O)OCOC(=O)Cc1ccc(OP(=O)(O)O)cc1. The second-order valence-corrected chi connectivity index (χ2v) is 6.88. The van der Waals surface area contributed by atoms with E-state index in [0.717, 1.165) is 0 Å². The average Bonchev–Trinajstić information content (AvgIpc) is 2.38. The van der Waals surface area contributed by atoms with Crippen molar-refractivity contribution >= 4 is 19.8 Å². The zero-order valence-corrected chi connectivity index (χ0v) is 13.9. The molecule has 0 aliphatic carbocycles. The predicted octanol–water partition coefficient (Wildman–Crippen LogP) is 1.79. The summed E-state index contributed by atoms with van der Waals surface area (Å²) in [4.78, 5) is 40.4. The maximum Gasteiger partial charge on any atom is 0.524 e. The summed E-state index contributed by atoms with van der Waals surface area (Å²) in [6, 6.07) is 5.57. The first-order valence-electron chi connectivity index (χ1n) is 6.64. The van der Waals surface area contributed by atoms with E-state index < -0.39 is 32.0 Å². The molecule has 128 valence electrons. The molecule has 0 saturated carbocycles. The van der Waals surface area contributed by atoms with Gasteiger partial charge in [0, 0.05) is 0 Å². The quantitative estimate of drug-likeness (QED) is 0.454. The van der Waals surface area contributed by atoms with Crippen LogP contribution in [0.3, 0.4) is 0 Å². The smallest absolute Gasteiger partial charge is 0.428 e. The summed E-state index contributed by atoms with van der Waals surface area (Å²) in [6.45, 7) is 4.57. The van der Waals surface area contributed by atoms with E-state index in [0.29, 0.717) is 5.56 Å². The van der Waals surface area contributed by atoms with Crippen LogP contribution in [-0.4, -0.2) is 28.5 Å². The predicted molar refractivity (Wildman–Crippen MR) is 79.3 cm³/mol. The standard InChI is InChI=1S/C14H19O8P/c1-14(2,3)13(16)21-9-20-12(15)8-10-4-6-11(7-5-10)22-23(17,18)19/h4-7H,8-9H2,1-3H3,(H2,17,18,19). The van der Waals surface area contributed by atoms with Crippen LogP contribution in [0.1, 0.15) is 26.3 Å². The third kappa shape index (κ3) is 7.78. The zero-order valence-electron chi connectivity index (χ0n) is 13.0. The third-order valence-electron chi connectivity index (χ3n) is 2.52. The number of ether oxygens (including phenoxy) is 2. The molecule has 1 rings (SSSR count). The van der Waals surface area contributed by atoms with Crippen LogP contribution in [-0.2, 0) is 30.0 Å². The molecule has 8 nitrogen and oxygen atoms in total. The Morgan fingerprint density at radius 2 is 1.65 bits per heavy atom. The Bertz CT molecular complexity index is 596. The van der Waals surface area contributed by atoms with Crippen molar-refractivity contribution in [2.45, 2.75) is 27.2 Å². The number of hydrogen-bond acceptors (Lipinski definition) is 6. The topological polar surface area (TPSA) is 119 Å². The molecule has 0 bridgehead atoms. The van der Waals surface area contributed by atoms with Gasteiger partial charge in [-0.1, -0.05) is 12.1 Å². The second kappa shape index (κ2) is 7.59. The molecule has 23 heavy (non-hydrogen) atoms. The fraction of sp³-hybridized carbons (Fsp3) is 0.429. The minimum atomic E-state index is -4.61. The lowest BCUT2D eigenvalue weighted by Gasteiger charge is -2.16. The largest absolute Gasteiger partial charge is 0.524 e. The Morgan fingerprint density at radius 1 is 1.09 bits per heavy atom. The summed E-state index contributed by atoms with van der Waals surface area (Å²) in [5, 5.41) is 0. The van der Waals surface area contributed by atoms with Crippen molar-refractivity contribution in [1.29, 1.82) is 0 Å². The van der Waals surface area contributed by atoms with Gasteiger partial charge in [-0.25, -0.2) is 4.57 Å². The summed E-state index contributed by atoms with van der Waals surface area (Å²) in [6.07, 6.45) is -0.0801. The number of phosphoric acid groups is 1. The molecule has 0 fully saturated rings. The maximum absolute atomic E-state index is 11.6. The van der Waals surface area contributed by atoms with Gasteiger partial charge < -0.3 is 14.0 Å². The van der Waals surface area contributed by atoms with Gasteiger partial charge in [0.1, 0.15) is 5.75 Å². The van der Waals surface area contributed by atoms with E-state index in [1.165, 1.54) is 24.3 Å². The fourth-order valence-corrected chi connectivity index (χ4v) is 1.78. The molecule has 0 spiro atoms. The molecular formula is C14H19O8P. The number of esters is 2. The van der Waals surface area contributed by atoms with Crippen molar-refractivity contribution < 1.29 is 37.9 Å². The Hall–Kier alpha value is -1.89. The van der Waals surface area contributed by atoms with E-state index in [2.05, 4.69) is 4.52 Å². The van der Waals surface area contributed by atoms with E-state index in [1.54, 1.807) is 20.8 Å². The minimum absolute atomic E-state index is 0.0189. The first-order valence-corrected chi connectivity index (χ1v) is 8.17. The van der Waals surface area contributed by atoms with Crippen molar-refractivity contribution in [1.82, 2.24) is 0 Å². The molecule has 0 aliphatic heterocycles. The molecule has 9 heteroatoms. The van der Waals surface area contributed by atoms with Gasteiger partial charge >= 0.3 is 19.8 Å². The maximum atomic E-state index is 11.6. The van der Waals surface area contributed by atoms with E-state index in [1.807, 2.05) is 0 Å². The molecule has 0 aliphatic rings. The molecule has 0 aromatic heterocycles. The summed E-state index contributed by atoms with van der Waals surface area (Å²) < 4.78 is 24.6. The monoisotopic (exact) mass is 346 g/mol. The van der Waals surface area contributed by atoms with E-state index >= 15 is 0 Å². The Labute approximate surface area is 133 Å². The van der Waals surface area contributed by atoms with Crippen LogP contribution >= 0.6 is 7.82 Å². The summed E-state index contributed by atoms with van der Waals surface area (Å²) in [5.41, 5.74) is -0.128. The highest BCUT2D eigenvalue weighted by atomic mass is 31.2. The van der Waals surface area contributed by atoms with Crippen LogP contribution in [0.4, 0.5) is 0 Å². The van der Waals surface area contributed by atoms with Gasteiger partial charge in [0.2, 0.25) is 6.79 Å². The van der Waals surface area contributed by atoms with Gasteiger partial charge in [0.15, 0.2) is 0 Å². The van der Waals surface area contributed by atoms with Crippen molar-refractivity contribution in [3.8, 4) is 5.75 Å². The second-order valence-electron chi connectivity index (χ2n) is 5.72. The number of hydrogen-bond donors (Lipinski definition) is 2. The van der Waals surface area contributed by atoms with E-state index in [4.69, 9.17) is 19.3 Å². The molecule has 0 unspecified atom stereocenters. The van der Waals surface area contributed by atoms with Crippen LogP contribution in [0, 0.1) is 5.41 Å². The fourth-order valence-electron chi connectivity index (χ4n) is 1.39. The number of carbonyl (C=O) groups excluding carboxylic acids is 2. The van der Waals surface area contributed by atoms with E-state index in [-0.39, 0.29) is 12.2 Å². The van der Waals surface area contributed by atoms with Crippen molar-refractivity contribution in [3.05, 3.63) is 29.8 Å². The summed E-state index contributed by atoms with van der Waals surface area (Å²) in [7, 11) is -4.61. The molecule has 1 aromatic carbocycles. The Balaban J connectivity index is 2.43. The lowest BCUT2D eigenvalue weighted by molar-refractivity contribution is -0.172. The lowest BCUT2D eigenvalue weighted by Crippen LogP contribution is -2.25. The molecule has 0 heterocycles. The van der Waals surface area contributed by atoms with Crippen molar-refractivity contribution in [2.75, 3.05) is 6.79 Å². The van der Waals surface area contributed by atoms with Crippen molar-refractivity contribution in [2.24, 2.45) is 5.41 Å². The van der Waals surface area contributed by atoms with Crippen molar-refractivity contribution in [3.63, 3.8) is 0 Å². The molecular weight excluding hydrogens is 327 g/mol. The van der Waals surface area contributed by atoms with E-state index in [9.17, 15) is 14.2 Å². The molecule has 0 amide bonds. The summed E-state index contributed by atoms with van der Waals surface area (Å²) >= 11 is 0. The highest BCUT2D eigenvalue weighted by Crippen LogP contribution is 2.37. The van der Waals surface area contributed by atoms with Crippen LogP contribution in [0.5, 0.6) is 5.75 Å². The van der Waals surface area contributed by atoms with Gasteiger partial charge in [-0.3, -0.25) is 19.4 Å². The highest BCUT2D eigenvalue weighted by Gasteiger charge is 2.23. The average molecular weight is 346 g/mol. The van der Waals surface area contributed by atoms with Gasteiger partial charge in [-0.05, 0) is 38.5 Å². The van der Waals surface area contributed by atoms with Gasteiger partial charge in [0.05, 0.1) is 11.8 Å². The van der Waals surface area contributed by atoms with Crippen LogP contribution in [0.15, 0.2) is 24.3 Å².